The van der Waals surface area contributed by atoms with Crippen LogP contribution in [0, 0.1) is 0 Å². The van der Waals surface area contributed by atoms with Crippen molar-refractivity contribution in [2.24, 2.45) is 0 Å². The summed E-state index contributed by atoms with van der Waals surface area (Å²) >= 11 is 0. The summed E-state index contributed by atoms with van der Waals surface area (Å²) < 4.78 is 17.8. The van der Waals surface area contributed by atoms with E-state index in [0.29, 0.717) is 17.2 Å². The lowest BCUT2D eigenvalue weighted by Crippen LogP contribution is -2.02. The van der Waals surface area contributed by atoms with Crippen molar-refractivity contribution in [3.8, 4) is 39.8 Å². The molecule has 2 aromatic heterocycles. The topological polar surface area (TPSA) is 86.7 Å². The van der Waals surface area contributed by atoms with Crippen molar-refractivity contribution >= 4 is 5.97 Å². The summed E-state index contributed by atoms with van der Waals surface area (Å²) in [7, 11) is 0. The molecule has 3 heterocycles. The zero-order valence-corrected chi connectivity index (χ0v) is 14.5. The van der Waals surface area contributed by atoms with E-state index in [2.05, 4.69) is 5.10 Å². The van der Waals surface area contributed by atoms with Crippen molar-refractivity contribution in [2.75, 3.05) is 6.79 Å². The summed E-state index contributed by atoms with van der Waals surface area (Å²) in [5, 5.41) is 13.7. The van der Waals surface area contributed by atoms with Gasteiger partial charge in [-0.1, -0.05) is 0 Å². The van der Waals surface area contributed by atoms with Crippen LogP contribution < -0.4 is 9.47 Å². The lowest BCUT2D eigenvalue weighted by Gasteiger charge is -2.09. The Morgan fingerprint density at radius 3 is 2.50 bits per heavy atom. The molecule has 2 aromatic carbocycles. The summed E-state index contributed by atoms with van der Waals surface area (Å²) in [6, 6.07) is 18.3. The van der Waals surface area contributed by atoms with Crippen LogP contribution in [0.3, 0.4) is 0 Å². The van der Waals surface area contributed by atoms with Crippen LogP contribution in [0.25, 0.3) is 28.3 Å². The van der Waals surface area contributed by atoms with Crippen molar-refractivity contribution in [3.05, 3.63) is 72.6 Å². The van der Waals surface area contributed by atoms with Gasteiger partial charge in [0, 0.05) is 11.1 Å². The first-order valence-electron chi connectivity index (χ1n) is 8.57. The van der Waals surface area contributed by atoms with Gasteiger partial charge in [0.25, 0.3) is 0 Å². The van der Waals surface area contributed by atoms with Crippen LogP contribution in [0.5, 0.6) is 11.5 Å². The molecular weight excluding hydrogens is 360 g/mol. The van der Waals surface area contributed by atoms with Gasteiger partial charge >= 0.3 is 5.97 Å². The minimum Gasteiger partial charge on any atom is -0.476 e. The quantitative estimate of drug-likeness (QED) is 0.575. The van der Waals surface area contributed by atoms with E-state index in [9.17, 15) is 9.90 Å². The molecule has 1 aliphatic rings. The smallest absolute Gasteiger partial charge is 0.356 e. The number of fused-ring (bicyclic) bond motifs is 1. The second kappa shape index (κ2) is 6.31. The van der Waals surface area contributed by atoms with E-state index in [0.717, 1.165) is 22.6 Å². The number of aromatic nitrogens is 2. The summed E-state index contributed by atoms with van der Waals surface area (Å²) in [5.74, 6) is 0.952. The van der Waals surface area contributed by atoms with E-state index in [-0.39, 0.29) is 12.5 Å². The van der Waals surface area contributed by atoms with Gasteiger partial charge in [0.2, 0.25) is 6.79 Å². The summed E-state index contributed by atoms with van der Waals surface area (Å²) in [5.41, 5.74) is 3.03. The fourth-order valence-electron chi connectivity index (χ4n) is 3.15. The Kier molecular flexibility index (Phi) is 3.65. The molecule has 1 N–H and O–H groups in total. The number of ether oxygens (including phenoxy) is 2. The Morgan fingerprint density at radius 1 is 0.964 bits per heavy atom. The molecule has 7 nitrogen and oxygen atoms in total. The number of hydrogen-bond donors (Lipinski definition) is 1. The minimum absolute atomic E-state index is 0.0391. The Hall–Kier alpha value is -4.00. The molecule has 7 heteroatoms. The van der Waals surface area contributed by atoms with Crippen LogP contribution in [0.2, 0.25) is 0 Å². The van der Waals surface area contributed by atoms with Crippen LogP contribution in [0.4, 0.5) is 0 Å². The van der Waals surface area contributed by atoms with E-state index in [1.54, 1.807) is 23.1 Å². The Labute approximate surface area is 159 Å². The lowest BCUT2D eigenvalue weighted by atomic mass is 10.1. The number of furan rings is 1. The first kappa shape index (κ1) is 16.2. The second-order valence-corrected chi connectivity index (χ2v) is 6.22. The third-order valence-corrected chi connectivity index (χ3v) is 4.51. The standard InChI is InChI=1S/C21H14N2O5/c24-21(25)16-11-17(14-5-8-19-20(10-14)28-12-27-19)23(22-16)15-6-3-13(4-7-15)18-2-1-9-26-18/h1-11H,12H2,(H,24,25). The van der Waals surface area contributed by atoms with E-state index in [1.807, 2.05) is 48.5 Å². The minimum atomic E-state index is -1.09. The molecule has 0 unspecified atom stereocenters. The van der Waals surface area contributed by atoms with E-state index < -0.39 is 5.97 Å². The zero-order chi connectivity index (χ0) is 19.1. The van der Waals surface area contributed by atoms with Crippen LogP contribution >= 0.6 is 0 Å². The van der Waals surface area contributed by atoms with Crippen molar-refractivity contribution in [3.63, 3.8) is 0 Å². The number of aromatic carboxylic acids is 1. The molecule has 0 saturated carbocycles. The molecule has 1 aliphatic heterocycles. The third kappa shape index (κ3) is 2.69. The molecule has 0 atom stereocenters. The summed E-state index contributed by atoms with van der Waals surface area (Å²) in [4.78, 5) is 11.5. The van der Waals surface area contributed by atoms with Gasteiger partial charge in [-0.05, 0) is 60.7 Å². The lowest BCUT2D eigenvalue weighted by molar-refractivity contribution is 0.0690. The van der Waals surface area contributed by atoms with Crippen LogP contribution in [-0.4, -0.2) is 27.6 Å². The summed E-state index contributed by atoms with van der Waals surface area (Å²) in [6.45, 7) is 0.173. The first-order valence-corrected chi connectivity index (χ1v) is 8.57. The van der Waals surface area contributed by atoms with Gasteiger partial charge in [-0.3, -0.25) is 0 Å². The van der Waals surface area contributed by atoms with Crippen LogP contribution in [0.1, 0.15) is 10.5 Å². The molecule has 5 rings (SSSR count). The largest absolute Gasteiger partial charge is 0.476 e. The monoisotopic (exact) mass is 374 g/mol. The highest BCUT2D eigenvalue weighted by Crippen LogP contribution is 2.36. The Morgan fingerprint density at radius 2 is 1.75 bits per heavy atom. The molecule has 0 bridgehead atoms. The zero-order valence-electron chi connectivity index (χ0n) is 14.5. The van der Waals surface area contributed by atoms with E-state index in [4.69, 9.17) is 13.9 Å². The maximum Gasteiger partial charge on any atom is 0.356 e. The van der Waals surface area contributed by atoms with Gasteiger partial charge in [-0.2, -0.15) is 5.10 Å². The summed E-state index contributed by atoms with van der Waals surface area (Å²) in [6.07, 6.45) is 1.62. The number of rotatable bonds is 4. The molecule has 0 amide bonds. The van der Waals surface area contributed by atoms with Gasteiger partial charge in [-0.25, -0.2) is 9.48 Å². The molecular formula is C21H14N2O5. The van der Waals surface area contributed by atoms with Crippen molar-refractivity contribution in [1.82, 2.24) is 9.78 Å². The number of carbonyl (C=O) groups is 1. The number of benzene rings is 2. The number of carboxylic acid groups (broad SMARTS) is 1. The average Bonchev–Trinajstić information content (AvgIpc) is 3.47. The highest BCUT2D eigenvalue weighted by Gasteiger charge is 2.19. The van der Waals surface area contributed by atoms with E-state index >= 15 is 0 Å². The van der Waals surface area contributed by atoms with Gasteiger partial charge in [-0.15, -0.1) is 0 Å². The fraction of sp³-hybridized carbons (Fsp3) is 0.0476. The maximum atomic E-state index is 11.5. The number of carboxylic acids is 1. The maximum absolute atomic E-state index is 11.5. The highest BCUT2D eigenvalue weighted by atomic mass is 16.7. The van der Waals surface area contributed by atoms with Crippen molar-refractivity contribution in [1.29, 1.82) is 0 Å². The Balaban J connectivity index is 1.60. The molecule has 138 valence electrons. The molecule has 4 aromatic rings. The molecule has 0 saturated heterocycles. The van der Waals surface area contributed by atoms with Gasteiger partial charge < -0.3 is 19.0 Å². The van der Waals surface area contributed by atoms with Gasteiger partial charge in [0.15, 0.2) is 17.2 Å². The molecule has 0 radical (unpaired) electrons. The van der Waals surface area contributed by atoms with Gasteiger partial charge in [0.05, 0.1) is 17.6 Å². The average molecular weight is 374 g/mol. The fourth-order valence-corrected chi connectivity index (χ4v) is 3.15. The Bertz CT molecular complexity index is 1160. The highest BCUT2D eigenvalue weighted by molar-refractivity contribution is 5.87. The number of nitrogens with zero attached hydrogens (tertiary/aromatic N) is 2. The SMILES string of the molecule is O=C(O)c1cc(-c2ccc3c(c2)OCO3)n(-c2ccc(-c3ccco3)cc2)n1. The van der Waals surface area contributed by atoms with Gasteiger partial charge in [0.1, 0.15) is 5.76 Å². The second-order valence-electron chi connectivity index (χ2n) is 6.22. The molecule has 0 fully saturated rings. The molecule has 0 aliphatic carbocycles. The normalized spacial score (nSPS) is 12.3. The predicted molar refractivity (Wildman–Crippen MR) is 99.8 cm³/mol. The first-order chi connectivity index (χ1) is 13.7. The van der Waals surface area contributed by atoms with Crippen LogP contribution in [0.15, 0.2) is 71.3 Å². The number of hydrogen-bond acceptors (Lipinski definition) is 5. The van der Waals surface area contributed by atoms with Crippen molar-refractivity contribution < 1.29 is 23.8 Å². The third-order valence-electron chi connectivity index (χ3n) is 4.51. The van der Waals surface area contributed by atoms with Crippen LogP contribution in [-0.2, 0) is 0 Å². The van der Waals surface area contributed by atoms with E-state index in [1.165, 1.54) is 0 Å². The molecule has 28 heavy (non-hydrogen) atoms. The predicted octanol–water partition coefficient (Wildman–Crippen LogP) is 4.23. The van der Waals surface area contributed by atoms with Crippen molar-refractivity contribution in [2.45, 2.75) is 0 Å². The molecule has 0 spiro atoms.